The first-order valence-corrected chi connectivity index (χ1v) is 30.8. The number of anilines is 3. The predicted molar refractivity (Wildman–Crippen MR) is 339 cm³/mol. The Balaban J connectivity index is 0.958. The van der Waals surface area contributed by atoms with E-state index in [1.165, 1.54) is 17.6 Å². The Morgan fingerprint density at radius 3 is 2.41 bits per heavy atom. The predicted octanol–water partition coefficient (Wildman–Crippen LogP) is 9.32. The Morgan fingerprint density at radius 1 is 0.942 bits per heavy atom. The van der Waals surface area contributed by atoms with Crippen LogP contribution in [0, 0.1) is 21.7 Å². The van der Waals surface area contributed by atoms with Gasteiger partial charge in [-0.05, 0) is 160 Å². The summed E-state index contributed by atoms with van der Waals surface area (Å²) < 4.78 is 7.04. The summed E-state index contributed by atoms with van der Waals surface area (Å²) >= 11 is 1.42. The Morgan fingerprint density at radius 2 is 1.71 bits per heavy atom. The van der Waals surface area contributed by atoms with Gasteiger partial charge in [0.15, 0.2) is 11.4 Å². The molecule has 5 aromatic rings. The van der Waals surface area contributed by atoms with E-state index in [9.17, 15) is 33.9 Å². The summed E-state index contributed by atoms with van der Waals surface area (Å²) in [5.74, 6) is 0.120. The second kappa shape index (κ2) is 29.2. The maximum atomic E-state index is 14.3. The Labute approximate surface area is 509 Å². The van der Waals surface area contributed by atoms with Crippen molar-refractivity contribution in [3.05, 3.63) is 118 Å². The standard InChI is InChI=1S/C65H86N12O8S/c1-43(51(36-66)49-21-22-57(72-55(49)38-79)76-31-23-45-12-9-13-50(52(45)37-76)58(81)74-61-73-53-14-7-8-16-56(53)86-61)70-42-64(4,41-65(5)35-48(80)34-63(2,3)40-65)26-11-28-77(47-24-29-75(30-25-47)32-33-78)62(84)85-39-44-17-19-46(20-18-44)71-59(82)54(68-6)15-10-27-69-60(67)83/h7-9,12-14,16-22,33,36,38,47-48,54,66,68,70,80H,10-11,15,23-32,34-35,37,39-42H2,1-6H3,(H,71,82)(H3,67,69,83)(H,73,74,81)/b51-43+,66-36?. The number of piperidine rings is 1. The molecule has 1 aliphatic carbocycles. The average Bonchev–Trinajstić information content (AvgIpc) is 2.22. The fourth-order valence-corrected chi connectivity index (χ4v) is 14.4. The van der Waals surface area contributed by atoms with Crippen molar-refractivity contribution in [3.8, 4) is 0 Å². The van der Waals surface area contributed by atoms with Crippen LogP contribution in [-0.2, 0) is 33.9 Å². The van der Waals surface area contributed by atoms with Gasteiger partial charge in [-0.1, -0.05) is 75.4 Å². The van der Waals surface area contributed by atoms with Crippen molar-refractivity contribution in [2.75, 3.05) is 68.4 Å². The lowest BCUT2D eigenvalue weighted by molar-refractivity contribution is -0.118. The number of nitrogens with zero attached hydrogens (tertiary/aromatic N) is 5. The molecule has 1 saturated heterocycles. The second-order valence-electron chi connectivity index (χ2n) is 25.0. The Bertz CT molecular complexity index is 3220. The molecule has 8 rings (SSSR count). The normalized spacial score (nSPS) is 19.2. The summed E-state index contributed by atoms with van der Waals surface area (Å²) in [6.45, 7) is 14.9. The zero-order valence-corrected chi connectivity index (χ0v) is 51.5. The molecular weight excluding hydrogens is 1110 g/mol. The maximum Gasteiger partial charge on any atom is 0.410 e. The fraction of sp³-hybridized carbons (Fsp3) is 0.492. The van der Waals surface area contributed by atoms with Gasteiger partial charge in [-0.15, -0.1) is 0 Å². The Hall–Kier alpha value is -7.59. The highest BCUT2D eigenvalue weighted by Gasteiger charge is 2.44. The van der Waals surface area contributed by atoms with Crippen LogP contribution < -0.4 is 37.2 Å². The molecule has 20 nitrogen and oxygen atoms in total. The van der Waals surface area contributed by atoms with E-state index >= 15 is 0 Å². The van der Waals surface area contributed by atoms with E-state index in [0.717, 1.165) is 58.7 Å². The third-order valence-electron chi connectivity index (χ3n) is 17.2. The van der Waals surface area contributed by atoms with E-state index in [-0.39, 0.29) is 46.4 Å². The molecule has 0 radical (unpaired) electrons. The number of aliphatic hydroxyl groups excluding tert-OH is 1. The number of urea groups is 1. The number of allylic oxidation sites excluding steroid dienone is 2. The van der Waals surface area contributed by atoms with Crippen molar-refractivity contribution in [1.82, 2.24) is 35.7 Å². The van der Waals surface area contributed by atoms with Crippen LogP contribution in [0.15, 0.2) is 84.6 Å². The summed E-state index contributed by atoms with van der Waals surface area (Å²) in [6, 6.07) is 23.2. The molecule has 460 valence electrons. The number of thiazole rings is 1. The molecule has 5 amide bonds. The fourth-order valence-electron chi connectivity index (χ4n) is 13.5. The first kappa shape index (κ1) is 64.4. The first-order chi connectivity index (χ1) is 41.2. The number of primary amides is 1. The number of hydrogen-bond donors (Lipinski definition) is 8. The molecule has 0 spiro atoms. The van der Waals surface area contributed by atoms with Crippen LogP contribution in [0.4, 0.5) is 26.2 Å². The summed E-state index contributed by atoms with van der Waals surface area (Å²) in [4.78, 5) is 92.2. The van der Waals surface area contributed by atoms with Crippen LogP contribution in [0.2, 0.25) is 0 Å². The van der Waals surface area contributed by atoms with Gasteiger partial charge in [-0.3, -0.25) is 24.6 Å². The van der Waals surface area contributed by atoms with Gasteiger partial charge >= 0.3 is 12.1 Å². The van der Waals surface area contributed by atoms with Gasteiger partial charge < -0.3 is 56.8 Å². The van der Waals surface area contributed by atoms with Crippen LogP contribution in [0.5, 0.6) is 0 Å². The monoisotopic (exact) mass is 1190 g/mol. The number of carbonyl (C=O) groups is 6. The minimum Gasteiger partial charge on any atom is -0.445 e. The van der Waals surface area contributed by atoms with E-state index in [4.69, 9.17) is 20.9 Å². The molecule has 3 aromatic carbocycles. The van der Waals surface area contributed by atoms with Gasteiger partial charge in [0.25, 0.3) is 5.91 Å². The van der Waals surface area contributed by atoms with Crippen LogP contribution in [-0.4, -0.2) is 139 Å². The number of amides is 5. The van der Waals surface area contributed by atoms with Crippen molar-refractivity contribution in [1.29, 1.82) is 5.41 Å². The minimum atomic E-state index is -0.612. The third kappa shape index (κ3) is 17.1. The number of carbonyl (C=O) groups excluding carboxylic acids is 6. The van der Waals surface area contributed by atoms with Gasteiger partial charge in [0, 0.05) is 86.2 Å². The quantitative estimate of drug-likeness (QED) is 0.0138. The molecule has 4 atom stereocenters. The number of nitrogens with one attached hydrogen (secondary N) is 6. The number of aldehydes is 2. The second-order valence-corrected chi connectivity index (χ2v) is 26.1. The van der Waals surface area contributed by atoms with Gasteiger partial charge in [-0.25, -0.2) is 19.6 Å². The molecule has 2 fully saturated rings. The number of likely N-dealkylation sites (N-methyl/N-ethyl adjacent to an activating group) is 1. The lowest BCUT2D eigenvalue weighted by Crippen LogP contribution is -2.48. The summed E-state index contributed by atoms with van der Waals surface area (Å²) in [6.07, 6.45) is 9.55. The molecular formula is C65H86N12O8S. The van der Waals surface area contributed by atoms with Crippen LogP contribution in [0.1, 0.15) is 142 Å². The van der Waals surface area contributed by atoms with Gasteiger partial charge in [-0.2, -0.15) is 0 Å². The molecule has 3 aliphatic rings. The van der Waals surface area contributed by atoms with E-state index in [0.29, 0.717) is 143 Å². The minimum absolute atomic E-state index is 0.0173. The molecule has 4 heterocycles. The summed E-state index contributed by atoms with van der Waals surface area (Å²) in [5.41, 5.74) is 11.1. The SMILES string of the molecule is CNC(CCCNC(N)=O)C(=O)Nc1ccc(COC(=O)N(CCCC(C)(CN/C(C)=C(\C=N)c2ccc(N3CCc4cccc(C(=O)Nc5nc6ccccc6s5)c4C3)nc2C=O)CC2(C)CC(O)CC(C)(C)C2)C2CCN(CC=O)CC2)cc1. The zero-order chi connectivity index (χ0) is 61.6. The molecule has 86 heavy (non-hydrogen) atoms. The number of aromatic nitrogens is 2. The average molecular weight is 1200 g/mol. The van der Waals surface area contributed by atoms with Crippen LogP contribution in [0.25, 0.3) is 15.8 Å². The summed E-state index contributed by atoms with van der Waals surface area (Å²) in [7, 11) is 1.70. The number of benzene rings is 3. The number of nitrogens with two attached hydrogens (primary N) is 1. The summed E-state index contributed by atoms with van der Waals surface area (Å²) in [5, 5.41) is 35.7. The highest BCUT2D eigenvalue weighted by atomic mass is 32.1. The van der Waals surface area contributed by atoms with E-state index in [1.54, 1.807) is 19.2 Å². The maximum absolute atomic E-state index is 14.3. The highest BCUT2D eigenvalue weighted by Crippen LogP contribution is 2.52. The number of fused-ring (bicyclic) bond motifs is 2. The number of para-hydroxylation sites is 1. The molecule has 9 N–H and O–H groups in total. The van der Waals surface area contributed by atoms with E-state index in [2.05, 4.69) is 69.1 Å². The van der Waals surface area contributed by atoms with E-state index < -0.39 is 24.3 Å². The number of likely N-dealkylation sites (tertiary alicyclic amines) is 1. The Kier molecular flexibility index (Phi) is 21.9. The first-order valence-electron chi connectivity index (χ1n) is 30.0. The number of hydrogen-bond acceptors (Lipinski definition) is 16. The number of pyridine rings is 1. The van der Waals surface area contributed by atoms with Crippen LogP contribution >= 0.6 is 11.3 Å². The lowest BCUT2D eigenvalue weighted by atomic mass is 9.58. The highest BCUT2D eigenvalue weighted by molar-refractivity contribution is 7.22. The number of aliphatic hydroxyl groups is 1. The largest absolute Gasteiger partial charge is 0.445 e. The topological polar surface area (TPSA) is 277 Å². The zero-order valence-electron chi connectivity index (χ0n) is 50.6. The van der Waals surface area contributed by atoms with Gasteiger partial charge in [0.1, 0.15) is 24.4 Å². The molecule has 2 aromatic heterocycles. The third-order valence-corrected chi connectivity index (χ3v) is 18.2. The molecule has 2 aliphatic heterocycles. The molecule has 1 saturated carbocycles. The lowest BCUT2D eigenvalue weighted by Gasteiger charge is -2.49. The van der Waals surface area contributed by atoms with E-state index in [1.807, 2.05) is 78.6 Å². The van der Waals surface area contributed by atoms with Crippen molar-refractivity contribution in [2.24, 2.45) is 22.0 Å². The smallest absolute Gasteiger partial charge is 0.410 e. The number of ether oxygens (including phenoxy) is 1. The van der Waals surface area contributed by atoms with Gasteiger partial charge in [0.2, 0.25) is 5.91 Å². The van der Waals surface area contributed by atoms with Crippen molar-refractivity contribution >= 4 is 86.5 Å². The van der Waals surface area contributed by atoms with Crippen molar-refractivity contribution in [2.45, 2.75) is 137 Å². The van der Waals surface area contributed by atoms with Crippen LogP contribution in [0.3, 0.4) is 0 Å². The van der Waals surface area contributed by atoms with Crippen molar-refractivity contribution in [3.63, 3.8) is 0 Å². The van der Waals surface area contributed by atoms with Crippen molar-refractivity contribution < 1.29 is 38.6 Å². The number of rotatable bonds is 27. The molecule has 21 heteroatoms. The molecule has 0 bridgehead atoms. The molecule has 4 unspecified atom stereocenters. The van der Waals surface area contributed by atoms with Gasteiger partial charge in [0.05, 0.1) is 28.9 Å².